The van der Waals surface area contributed by atoms with Crippen molar-refractivity contribution in [3.8, 4) is 0 Å². The summed E-state index contributed by atoms with van der Waals surface area (Å²) in [7, 11) is -2.34. The highest BCUT2D eigenvalue weighted by atomic mass is 31.1. The summed E-state index contributed by atoms with van der Waals surface area (Å²) in [6.07, 6.45) is 0. The van der Waals surface area contributed by atoms with Crippen molar-refractivity contribution < 1.29 is 23.8 Å². The molecule has 0 aliphatic carbocycles. The van der Waals surface area contributed by atoms with Crippen molar-refractivity contribution in [2.24, 2.45) is 0 Å². The van der Waals surface area contributed by atoms with Gasteiger partial charge in [0.05, 0.1) is 0 Å². The molecule has 0 aromatic carbocycles. The van der Waals surface area contributed by atoms with Gasteiger partial charge in [0.15, 0.2) is 13.2 Å². The van der Waals surface area contributed by atoms with Crippen molar-refractivity contribution in [2.45, 2.75) is 0 Å². The Morgan fingerprint density at radius 2 is 1.50 bits per heavy atom. The van der Waals surface area contributed by atoms with Gasteiger partial charge in [-0.15, -0.1) is 9.05 Å². The molecule has 0 fully saturated rings. The highest BCUT2D eigenvalue weighted by Gasteiger charge is 2.20. The third kappa shape index (κ3) is 7.21. The molecular weight excluding hydrogens is 183 g/mol. The zero-order valence-corrected chi connectivity index (χ0v) is 7.29. The van der Waals surface area contributed by atoms with E-state index in [9.17, 15) is 4.57 Å². The number of aliphatic hydroxyl groups excluding tert-OH is 2. The number of rotatable bonds is 6. The largest absolute Gasteiger partial charge is 0.698 e. The minimum absolute atomic E-state index is 0.246. The van der Waals surface area contributed by atoms with Gasteiger partial charge in [-0.3, -0.25) is 0 Å². The molecule has 0 bridgehead atoms. The topological polar surface area (TPSA) is 76.0 Å². The quantitative estimate of drug-likeness (QED) is 0.497. The molecule has 0 heterocycles. The Bertz CT molecular complexity index is 180. The Morgan fingerprint density at radius 3 is 1.75 bits per heavy atom. The van der Waals surface area contributed by atoms with Crippen LogP contribution in [-0.2, 0) is 13.6 Å². The van der Waals surface area contributed by atoms with Crippen LogP contribution >= 0.6 is 8.25 Å². The van der Waals surface area contributed by atoms with Crippen molar-refractivity contribution in [3.05, 3.63) is 24.7 Å². The highest BCUT2D eigenvalue weighted by Crippen LogP contribution is 2.24. The molecule has 0 radical (unpaired) electrons. The van der Waals surface area contributed by atoms with Gasteiger partial charge < -0.3 is 10.2 Å². The first-order valence-corrected chi connectivity index (χ1v) is 4.08. The smallest absolute Gasteiger partial charge is 0.510 e. The second-order valence-corrected chi connectivity index (χ2v) is 2.87. The number of hydrogen-bond acceptors (Lipinski definition) is 5. The van der Waals surface area contributed by atoms with E-state index in [4.69, 9.17) is 10.2 Å². The lowest BCUT2D eigenvalue weighted by Crippen LogP contribution is -1.94. The molecule has 0 atom stereocenters. The van der Waals surface area contributed by atoms with Crippen molar-refractivity contribution in [1.29, 1.82) is 0 Å². The molecule has 0 aliphatic heterocycles. The van der Waals surface area contributed by atoms with Gasteiger partial charge in [0.25, 0.3) is 0 Å². The van der Waals surface area contributed by atoms with E-state index in [2.05, 4.69) is 22.2 Å². The Kier molecular flexibility index (Phi) is 5.28. The third-order valence-corrected chi connectivity index (χ3v) is 1.35. The van der Waals surface area contributed by atoms with Crippen molar-refractivity contribution >= 4 is 8.25 Å². The first kappa shape index (κ1) is 11.1. The molecule has 6 heteroatoms. The van der Waals surface area contributed by atoms with Crippen molar-refractivity contribution in [3.63, 3.8) is 0 Å². The van der Waals surface area contributed by atoms with Crippen molar-refractivity contribution in [2.75, 3.05) is 13.2 Å². The van der Waals surface area contributed by atoms with E-state index in [1.807, 2.05) is 0 Å². The van der Waals surface area contributed by atoms with E-state index in [1.165, 1.54) is 0 Å². The van der Waals surface area contributed by atoms with Gasteiger partial charge in [0.1, 0.15) is 11.5 Å². The summed E-state index contributed by atoms with van der Waals surface area (Å²) in [6, 6.07) is 0. The molecule has 0 aromatic heterocycles. The predicted octanol–water partition coefficient (Wildman–Crippen LogP) is 1.82. The highest BCUT2D eigenvalue weighted by molar-refractivity contribution is 7.33. The van der Waals surface area contributed by atoms with Gasteiger partial charge in [-0.2, -0.15) is 0 Å². The molecule has 68 valence electrons. The maximum absolute atomic E-state index is 10.7. The van der Waals surface area contributed by atoms with Crippen LogP contribution in [0.4, 0.5) is 0 Å². The van der Waals surface area contributed by atoms with Crippen LogP contribution in [-0.4, -0.2) is 23.4 Å². The second kappa shape index (κ2) is 5.71. The lowest BCUT2D eigenvalue weighted by atomic mass is 10.6. The van der Waals surface area contributed by atoms with E-state index in [-0.39, 0.29) is 24.7 Å². The van der Waals surface area contributed by atoms with E-state index >= 15 is 0 Å². The van der Waals surface area contributed by atoms with Crippen LogP contribution in [0.2, 0.25) is 0 Å². The Hall–Kier alpha value is -0.900. The van der Waals surface area contributed by atoms with E-state index < -0.39 is 8.25 Å². The fourth-order valence-corrected chi connectivity index (χ4v) is 0.875. The van der Waals surface area contributed by atoms with Crippen LogP contribution in [0.1, 0.15) is 0 Å². The van der Waals surface area contributed by atoms with Gasteiger partial charge >= 0.3 is 8.25 Å². The Morgan fingerprint density at radius 1 is 1.17 bits per heavy atom. The summed E-state index contributed by atoms with van der Waals surface area (Å²) in [5.74, 6) is -0.491. The van der Waals surface area contributed by atoms with Gasteiger partial charge in [-0.25, -0.2) is 0 Å². The van der Waals surface area contributed by atoms with E-state index in [1.54, 1.807) is 0 Å². The maximum Gasteiger partial charge on any atom is 0.698 e. The Balaban J connectivity index is 3.47. The van der Waals surface area contributed by atoms with Crippen molar-refractivity contribution in [1.82, 2.24) is 0 Å². The monoisotopic (exact) mass is 193 g/mol. The second-order valence-electron chi connectivity index (χ2n) is 1.90. The number of aliphatic hydroxyl groups is 2. The zero-order valence-electron chi connectivity index (χ0n) is 6.39. The minimum atomic E-state index is -2.34. The van der Waals surface area contributed by atoms with Crippen LogP contribution in [0.3, 0.4) is 0 Å². The normalized spacial score (nSPS) is 9.33. The molecule has 2 N–H and O–H groups in total. The van der Waals surface area contributed by atoms with Gasteiger partial charge in [-0.1, -0.05) is 13.2 Å². The summed E-state index contributed by atoms with van der Waals surface area (Å²) in [4.78, 5) is 0. The molecule has 0 spiro atoms. The van der Waals surface area contributed by atoms with Gasteiger partial charge in [0, 0.05) is 4.57 Å². The summed E-state index contributed by atoms with van der Waals surface area (Å²) >= 11 is 0. The molecule has 0 aromatic rings. The average Bonchev–Trinajstić information content (AvgIpc) is 1.96. The molecule has 0 saturated carbocycles. The van der Waals surface area contributed by atoms with Crippen LogP contribution < -0.4 is 0 Å². The molecular formula is C6H10O5P+. The molecule has 5 nitrogen and oxygen atoms in total. The first-order valence-electron chi connectivity index (χ1n) is 2.99. The predicted molar refractivity (Wildman–Crippen MR) is 43.0 cm³/mol. The van der Waals surface area contributed by atoms with E-state index in [0.717, 1.165) is 0 Å². The van der Waals surface area contributed by atoms with Crippen LogP contribution in [0.15, 0.2) is 24.7 Å². The number of hydrogen-bond donors (Lipinski definition) is 2. The first-order chi connectivity index (χ1) is 5.52. The molecule has 0 unspecified atom stereocenters. The van der Waals surface area contributed by atoms with Gasteiger partial charge in [0.2, 0.25) is 0 Å². The van der Waals surface area contributed by atoms with Gasteiger partial charge in [-0.05, 0) is 0 Å². The lowest BCUT2D eigenvalue weighted by Gasteiger charge is -1.90. The minimum Gasteiger partial charge on any atom is -0.510 e. The standard InChI is InChI=1S/C6H9O5P/c1-5(7)3-10-12(9)11-4-6(2)8/h1-4H2,(H-,7,8)/p+1. The summed E-state index contributed by atoms with van der Waals surface area (Å²) in [5, 5.41) is 17.0. The Labute approximate surface area is 70.9 Å². The third-order valence-electron chi connectivity index (χ3n) is 0.673. The van der Waals surface area contributed by atoms with E-state index in [0.29, 0.717) is 0 Å². The SMILES string of the molecule is C=C(O)CO[P+](=O)OCC(=C)O. The average molecular weight is 193 g/mol. The molecule has 12 heavy (non-hydrogen) atoms. The maximum atomic E-state index is 10.7. The summed E-state index contributed by atoms with van der Waals surface area (Å²) in [5.41, 5.74) is 0. The molecule has 0 amide bonds. The fraction of sp³-hybridized carbons (Fsp3) is 0.333. The fourth-order valence-electron chi connectivity index (χ4n) is 0.292. The molecule has 0 saturated heterocycles. The van der Waals surface area contributed by atoms with Crippen LogP contribution in [0, 0.1) is 0 Å². The lowest BCUT2D eigenvalue weighted by molar-refractivity contribution is 0.206. The molecule has 0 aliphatic rings. The summed E-state index contributed by atoms with van der Waals surface area (Å²) in [6.45, 7) is 5.69. The molecule has 0 rings (SSSR count). The summed E-state index contributed by atoms with van der Waals surface area (Å²) < 4.78 is 19.5. The van der Waals surface area contributed by atoms with Crippen LogP contribution in [0.5, 0.6) is 0 Å². The zero-order chi connectivity index (χ0) is 9.56. The van der Waals surface area contributed by atoms with Crippen LogP contribution in [0.25, 0.3) is 0 Å².